The molecule has 7 heteroatoms. The standard InChI is InChI=1S/C16H20N2O5/c19-15(20)16(21,12-4-2-1-3-5-12)14(18(22)23)13-10-17-8-6-11(13)7-9-17/h1-5,11,13-14,21H,6-10H2,(H,19,20)/t13-,14?,16?/m0/s1. The van der Waals surface area contributed by atoms with Crippen LogP contribution in [-0.4, -0.2) is 51.7 Å². The van der Waals surface area contributed by atoms with Gasteiger partial charge in [0, 0.05) is 22.9 Å². The molecular weight excluding hydrogens is 300 g/mol. The van der Waals surface area contributed by atoms with Gasteiger partial charge in [-0.25, -0.2) is 4.79 Å². The first-order chi connectivity index (χ1) is 10.9. The van der Waals surface area contributed by atoms with Crippen LogP contribution in [0, 0.1) is 22.0 Å². The quantitative estimate of drug-likeness (QED) is 0.618. The maximum Gasteiger partial charge on any atom is 0.347 e. The molecule has 23 heavy (non-hydrogen) atoms. The number of hydrogen-bond donors (Lipinski definition) is 2. The van der Waals surface area contributed by atoms with Crippen LogP contribution in [-0.2, 0) is 10.4 Å². The minimum atomic E-state index is -2.52. The number of rotatable bonds is 5. The molecule has 3 saturated heterocycles. The second-order valence-electron chi connectivity index (χ2n) is 6.47. The zero-order chi connectivity index (χ0) is 16.6. The van der Waals surface area contributed by atoms with E-state index in [9.17, 15) is 25.1 Å². The van der Waals surface area contributed by atoms with Crippen molar-refractivity contribution in [3.8, 4) is 0 Å². The van der Waals surface area contributed by atoms with E-state index in [1.165, 1.54) is 12.1 Å². The lowest BCUT2D eigenvalue weighted by atomic mass is 9.69. The van der Waals surface area contributed by atoms with Gasteiger partial charge in [0.15, 0.2) is 0 Å². The van der Waals surface area contributed by atoms with Crippen LogP contribution < -0.4 is 0 Å². The lowest BCUT2D eigenvalue weighted by molar-refractivity contribution is -0.558. The van der Waals surface area contributed by atoms with Crippen molar-refractivity contribution in [3.63, 3.8) is 0 Å². The maximum atomic E-state index is 11.8. The zero-order valence-electron chi connectivity index (χ0n) is 12.7. The molecule has 3 heterocycles. The van der Waals surface area contributed by atoms with Crippen LogP contribution in [0.5, 0.6) is 0 Å². The molecule has 2 N–H and O–H groups in total. The van der Waals surface area contributed by atoms with Crippen molar-refractivity contribution in [1.29, 1.82) is 0 Å². The molecule has 0 spiro atoms. The van der Waals surface area contributed by atoms with Gasteiger partial charge in [0.25, 0.3) is 11.6 Å². The molecule has 4 rings (SSSR count). The number of carboxylic acids is 1. The second kappa shape index (κ2) is 5.90. The highest BCUT2D eigenvalue weighted by atomic mass is 16.6. The van der Waals surface area contributed by atoms with Gasteiger partial charge in [-0.3, -0.25) is 10.1 Å². The number of carbonyl (C=O) groups is 1. The Hall–Kier alpha value is -1.99. The molecule has 0 aromatic heterocycles. The Kier molecular flexibility index (Phi) is 4.08. The van der Waals surface area contributed by atoms with Crippen molar-refractivity contribution >= 4 is 5.97 Å². The third-order valence-corrected chi connectivity index (χ3v) is 5.31. The van der Waals surface area contributed by atoms with Crippen LogP contribution in [0.2, 0.25) is 0 Å². The van der Waals surface area contributed by atoms with E-state index in [2.05, 4.69) is 4.90 Å². The van der Waals surface area contributed by atoms with E-state index >= 15 is 0 Å². The third kappa shape index (κ3) is 2.60. The number of hydrogen-bond acceptors (Lipinski definition) is 5. The van der Waals surface area contributed by atoms with Gasteiger partial charge in [-0.15, -0.1) is 0 Å². The van der Waals surface area contributed by atoms with Crippen LogP contribution in [0.3, 0.4) is 0 Å². The molecule has 3 aliphatic rings. The number of nitrogens with zero attached hydrogens (tertiary/aromatic N) is 2. The summed E-state index contributed by atoms with van der Waals surface area (Å²) < 4.78 is 0. The highest BCUT2D eigenvalue weighted by Gasteiger charge is 2.60. The van der Waals surface area contributed by atoms with E-state index in [0.717, 1.165) is 25.9 Å². The van der Waals surface area contributed by atoms with Gasteiger partial charge in [-0.2, -0.15) is 0 Å². The summed E-state index contributed by atoms with van der Waals surface area (Å²) in [4.78, 5) is 25.1. The lowest BCUT2D eigenvalue weighted by Crippen LogP contribution is -2.61. The number of fused-ring (bicyclic) bond motifs is 3. The molecule has 2 unspecified atom stereocenters. The fourth-order valence-corrected chi connectivity index (χ4v) is 4.10. The monoisotopic (exact) mass is 320 g/mol. The number of nitro groups is 1. The summed E-state index contributed by atoms with van der Waals surface area (Å²) in [6.07, 6.45) is 1.64. The first kappa shape index (κ1) is 15.9. The predicted octanol–water partition coefficient (Wildman–Crippen LogP) is 0.946. The van der Waals surface area contributed by atoms with E-state index in [1.807, 2.05) is 0 Å². The average molecular weight is 320 g/mol. The Morgan fingerprint density at radius 3 is 2.35 bits per heavy atom. The number of piperidine rings is 3. The first-order valence-electron chi connectivity index (χ1n) is 7.81. The molecule has 3 fully saturated rings. The van der Waals surface area contributed by atoms with Crippen LogP contribution in [0.25, 0.3) is 0 Å². The van der Waals surface area contributed by atoms with Gasteiger partial charge < -0.3 is 15.1 Å². The van der Waals surface area contributed by atoms with E-state index < -0.39 is 28.5 Å². The summed E-state index contributed by atoms with van der Waals surface area (Å²) in [5, 5.41) is 32.3. The van der Waals surface area contributed by atoms with Gasteiger partial charge >= 0.3 is 5.97 Å². The number of carboxylic acid groups (broad SMARTS) is 1. The van der Waals surface area contributed by atoms with Crippen molar-refractivity contribution in [1.82, 2.24) is 4.90 Å². The van der Waals surface area contributed by atoms with Crippen LogP contribution in [0.15, 0.2) is 30.3 Å². The topological polar surface area (TPSA) is 104 Å². The van der Waals surface area contributed by atoms with Crippen molar-refractivity contribution in [2.24, 2.45) is 11.8 Å². The zero-order valence-corrected chi connectivity index (χ0v) is 12.7. The second-order valence-corrected chi connectivity index (χ2v) is 6.47. The minimum absolute atomic E-state index is 0.0608. The van der Waals surface area contributed by atoms with Gasteiger partial charge in [-0.05, 0) is 31.8 Å². The molecule has 7 nitrogen and oxygen atoms in total. The number of benzene rings is 1. The maximum absolute atomic E-state index is 11.8. The molecule has 0 aliphatic carbocycles. The van der Waals surface area contributed by atoms with Crippen molar-refractivity contribution < 1.29 is 19.9 Å². The SMILES string of the molecule is O=C(O)C(O)(c1ccccc1)C([C@H]1CN2CCC1CC2)[N+](=O)[O-]. The summed E-state index contributed by atoms with van der Waals surface area (Å²) in [6.45, 7) is 2.25. The molecule has 124 valence electrons. The lowest BCUT2D eigenvalue weighted by Gasteiger charge is -2.47. The van der Waals surface area contributed by atoms with Crippen LogP contribution in [0.1, 0.15) is 18.4 Å². The Bertz CT molecular complexity index is 600. The van der Waals surface area contributed by atoms with E-state index in [1.54, 1.807) is 18.2 Å². The van der Waals surface area contributed by atoms with Gasteiger partial charge in [0.2, 0.25) is 0 Å². The Morgan fingerprint density at radius 2 is 1.91 bits per heavy atom. The van der Waals surface area contributed by atoms with E-state index in [-0.39, 0.29) is 11.5 Å². The Morgan fingerprint density at radius 1 is 1.30 bits per heavy atom. The third-order valence-electron chi connectivity index (χ3n) is 5.31. The summed E-state index contributed by atoms with van der Waals surface area (Å²) in [5.74, 6) is -1.94. The highest BCUT2D eigenvalue weighted by molar-refractivity contribution is 5.80. The number of aliphatic hydroxyl groups is 1. The summed E-state index contributed by atoms with van der Waals surface area (Å²) in [5.41, 5.74) is -2.46. The number of aliphatic carboxylic acids is 1. The molecule has 2 bridgehead atoms. The Labute approximate surface area is 133 Å². The largest absolute Gasteiger partial charge is 0.479 e. The smallest absolute Gasteiger partial charge is 0.347 e. The van der Waals surface area contributed by atoms with Crippen LogP contribution >= 0.6 is 0 Å². The molecule has 0 amide bonds. The predicted molar refractivity (Wildman–Crippen MR) is 81.4 cm³/mol. The minimum Gasteiger partial charge on any atom is -0.479 e. The molecule has 3 aliphatic heterocycles. The molecule has 1 aromatic rings. The van der Waals surface area contributed by atoms with Gasteiger partial charge in [0.05, 0.1) is 0 Å². The van der Waals surface area contributed by atoms with Crippen molar-refractivity contribution in [3.05, 3.63) is 46.0 Å². The molecule has 3 atom stereocenters. The van der Waals surface area contributed by atoms with E-state index in [4.69, 9.17) is 0 Å². The summed E-state index contributed by atoms with van der Waals surface area (Å²) >= 11 is 0. The van der Waals surface area contributed by atoms with E-state index in [0.29, 0.717) is 6.54 Å². The van der Waals surface area contributed by atoms with Gasteiger partial charge in [-0.1, -0.05) is 30.3 Å². The molecule has 0 saturated carbocycles. The van der Waals surface area contributed by atoms with Crippen molar-refractivity contribution in [2.45, 2.75) is 24.5 Å². The molecular formula is C16H20N2O5. The summed E-state index contributed by atoms with van der Waals surface area (Å²) in [6, 6.07) is 6.16. The van der Waals surface area contributed by atoms with Crippen molar-refractivity contribution in [2.75, 3.05) is 19.6 Å². The normalized spacial score (nSPS) is 30.4. The van der Waals surface area contributed by atoms with Crippen LogP contribution in [0.4, 0.5) is 0 Å². The highest BCUT2D eigenvalue weighted by Crippen LogP contribution is 2.41. The fraction of sp³-hybridized carbons (Fsp3) is 0.562. The molecule has 1 aromatic carbocycles. The van der Waals surface area contributed by atoms with Gasteiger partial charge in [0.1, 0.15) is 0 Å². The summed E-state index contributed by atoms with van der Waals surface area (Å²) in [7, 11) is 0. The Balaban J connectivity index is 2.04. The first-order valence-corrected chi connectivity index (χ1v) is 7.81. The average Bonchev–Trinajstić information content (AvgIpc) is 2.56. The fourth-order valence-electron chi connectivity index (χ4n) is 4.10. The molecule has 0 radical (unpaired) electrons.